The van der Waals surface area contributed by atoms with Crippen LogP contribution in [0.15, 0.2) is 35.9 Å². The van der Waals surface area contributed by atoms with Crippen molar-refractivity contribution >= 4 is 31.6 Å². The van der Waals surface area contributed by atoms with Gasteiger partial charge in [0.25, 0.3) is 0 Å². The third-order valence-electron chi connectivity index (χ3n) is 5.58. The zero-order valence-corrected chi connectivity index (χ0v) is 14.2. The Hall–Kier alpha value is -1.13. The van der Waals surface area contributed by atoms with Crippen LogP contribution < -0.4 is 0 Å². The molecule has 0 heterocycles. The summed E-state index contributed by atoms with van der Waals surface area (Å²) < 4.78 is 23.3. The van der Waals surface area contributed by atoms with Crippen molar-refractivity contribution in [3.8, 4) is 0 Å². The lowest BCUT2D eigenvalue weighted by Gasteiger charge is -2.34. The monoisotopic (exact) mass is 338 g/mol. The van der Waals surface area contributed by atoms with Crippen molar-refractivity contribution in [2.45, 2.75) is 26.7 Å². The number of rotatable bonds is 3. The van der Waals surface area contributed by atoms with Crippen molar-refractivity contribution in [2.75, 3.05) is 5.75 Å². The van der Waals surface area contributed by atoms with Crippen LogP contribution in [0.25, 0.3) is 6.08 Å². The quantitative estimate of drug-likeness (QED) is 0.624. The second kappa shape index (κ2) is 4.93. The van der Waals surface area contributed by atoms with E-state index in [-0.39, 0.29) is 22.9 Å². The summed E-state index contributed by atoms with van der Waals surface area (Å²) in [7, 11) is 1.77. The molecule has 2 aliphatic carbocycles. The third-order valence-corrected chi connectivity index (χ3v) is 6.74. The Morgan fingerprint density at radius 2 is 1.91 bits per heavy atom. The number of fused-ring (bicyclic) bond motifs is 2. The summed E-state index contributed by atoms with van der Waals surface area (Å²) in [6.07, 6.45) is 3.35. The largest absolute Gasteiger partial charge is 0.294 e. The van der Waals surface area contributed by atoms with Crippen molar-refractivity contribution in [2.24, 2.45) is 16.7 Å². The minimum atomic E-state index is -3.73. The minimum absolute atomic E-state index is 0.0400. The van der Waals surface area contributed by atoms with Gasteiger partial charge in [0.05, 0.1) is 11.2 Å². The van der Waals surface area contributed by atoms with Crippen LogP contribution in [0.2, 0.25) is 0 Å². The van der Waals surface area contributed by atoms with Crippen LogP contribution in [0.4, 0.5) is 0 Å². The molecule has 0 aromatic heterocycles. The molecule has 0 saturated heterocycles. The first-order valence-electron chi connectivity index (χ1n) is 7.41. The Kier molecular flexibility index (Phi) is 3.53. The molecule has 0 radical (unpaired) electrons. The number of hydrogen-bond donors (Lipinski definition) is 0. The van der Waals surface area contributed by atoms with Crippen LogP contribution in [-0.4, -0.2) is 20.0 Å². The molecule has 2 aliphatic rings. The number of hydrogen-bond acceptors (Lipinski definition) is 3. The molecule has 2 atom stereocenters. The third kappa shape index (κ3) is 2.24. The first kappa shape index (κ1) is 15.8. The van der Waals surface area contributed by atoms with Crippen molar-refractivity contribution in [3.63, 3.8) is 0 Å². The van der Waals surface area contributed by atoms with Gasteiger partial charge in [-0.15, -0.1) is 0 Å². The molecule has 0 aliphatic heterocycles. The lowest BCUT2D eigenvalue weighted by Crippen LogP contribution is -2.41. The van der Waals surface area contributed by atoms with Crippen LogP contribution >= 0.6 is 10.7 Å². The van der Waals surface area contributed by atoms with Gasteiger partial charge in [0.2, 0.25) is 9.05 Å². The molecule has 2 saturated carbocycles. The molecule has 2 unspecified atom stereocenters. The summed E-state index contributed by atoms with van der Waals surface area (Å²) in [6, 6.07) is 9.67. The molecule has 2 fully saturated rings. The van der Waals surface area contributed by atoms with E-state index in [1.165, 1.54) is 0 Å². The number of carbonyl (C=O) groups is 1. The van der Waals surface area contributed by atoms with Gasteiger partial charge in [-0.1, -0.05) is 44.2 Å². The molecule has 0 amide bonds. The van der Waals surface area contributed by atoms with E-state index >= 15 is 0 Å². The Labute approximate surface area is 135 Å². The standard InChI is InChI=1S/C17H19ClO3S/c1-16(2)14-8-9-17(16,11-22(18,20)21)15(19)13(14)10-12-6-4-3-5-7-12/h3-7,10,14H,8-9,11H2,1-2H3. The number of halogens is 1. The van der Waals surface area contributed by atoms with Crippen molar-refractivity contribution in [3.05, 3.63) is 41.5 Å². The van der Waals surface area contributed by atoms with Crippen LogP contribution in [0.3, 0.4) is 0 Å². The fraction of sp³-hybridized carbons (Fsp3) is 0.471. The van der Waals surface area contributed by atoms with Crippen molar-refractivity contribution < 1.29 is 13.2 Å². The molecule has 1 aromatic rings. The SMILES string of the molecule is CC1(C)C2CCC1(CS(=O)(=O)Cl)C(=O)C2=Cc1ccccc1. The van der Waals surface area contributed by atoms with Gasteiger partial charge in [-0.2, -0.15) is 0 Å². The van der Waals surface area contributed by atoms with Crippen LogP contribution in [0, 0.1) is 16.7 Å². The Bertz CT molecular complexity index is 749. The fourth-order valence-corrected chi connectivity index (χ4v) is 6.10. The van der Waals surface area contributed by atoms with Gasteiger partial charge in [-0.25, -0.2) is 8.42 Å². The highest BCUT2D eigenvalue weighted by atomic mass is 35.7. The molecule has 0 spiro atoms. The van der Waals surface area contributed by atoms with Gasteiger partial charge in [0.15, 0.2) is 5.78 Å². The molecule has 3 rings (SSSR count). The number of benzene rings is 1. The Balaban J connectivity index is 2.09. The van der Waals surface area contributed by atoms with Gasteiger partial charge in [-0.3, -0.25) is 4.79 Å². The molecule has 22 heavy (non-hydrogen) atoms. The second-order valence-electron chi connectivity index (χ2n) is 6.92. The number of ketones is 1. The van der Waals surface area contributed by atoms with Gasteiger partial charge in [-0.05, 0) is 35.8 Å². The molecule has 118 valence electrons. The maximum absolute atomic E-state index is 13.0. The summed E-state index contributed by atoms with van der Waals surface area (Å²) in [5, 5.41) is 0. The molecule has 0 N–H and O–H groups in total. The van der Waals surface area contributed by atoms with E-state index in [9.17, 15) is 13.2 Å². The van der Waals surface area contributed by atoms with Crippen LogP contribution in [0.1, 0.15) is 32.3 Å². The Morgan fingerprint density at radius 1 is 1.27 bits per heavy atom. The lowest BCUT2D eigenvalue weighted by atomic mass is 9.70. The summed E-state index contributed by atoms with van der Waals surface area (Å²) >= 11 is 0. The van der Waals surface area contributed by atoms with Gasteiger partial charge in [0, 0.05) is 16.3 Å². The van der Waals surface area contributed by atoms with Crippen molar-refractivity contribution in [1.29, 1.82) is 0 Å². The molecular weight excluding hydrogens is 320 g/mol. The molecular formula is C17H19ClO3S. The maximum Gasteiger partial charge on any atom is 0.233 e. The summed E-state index contributed by atoms with van der Waals surface area (Å²) in [4.78, 5) is 13.0. The first-order valence-corrected chi connectivity index (χ1v) is 9.89. The van der Waals surface area contributed by atoms with E-state index in [0.717, 1.165) is 17.6 Å². The number of Topliss-reactive ketones (excluding diaryl/α,β-unsaturated/α-hetero) is 1. The number of carbonyl (C=O) groups excluding carboxylic acids is 1. The fourth-order valence-electron chi connectivity index (χ4n) is 4.31. The van der Waals surface area contributed by atoms with Gasteiger partial charge >= 0.3 is 0 Å². The Morgan fingerprint density at radius 3 is 2.50 bits per heavy atom. The summed E-state index contributed by atoms with van der Waals surface area (Å²) in [5.41, 5.74) is 0.465. The average molecular weight is 339 g/mol. The summed E-state index contributed by atoms with van der Waals surface area (Å²) in [6.45, 7) is 3.99. The molecule has 3 nitrogen and oxygen atoms in total. The van der Waals surface area contributed by atoms with Crippen LogP contribution in [0.5, 0.6) is 0 Å². The smallest absolute Gasteiger partial charge is 0.233 e. The van der Waals surface area contributed by atoms with Gasteiger partial charge in [0.1, 0.15) is 0 Å². The topological polar surface area (TPSA) is 51.2 Å². The molecule has 1 aromatic carbocycles. The van der Waals surface area contributed by atoms with E-state index in [2.05, 4.69) is 0 Å². The predicted molar refractivity (Wildman–Crippen MR) is 88.0 cm³/mol. The van der Waals surface area contributed by atoms with E-state index < -0.39 is 14.5 Å². The molecule has 5 heteroatoms. The van der Waals surface area contributed by atoms with Crippen molar-refractivity contribution in [1.82, 2.24) is 0 Å². The minimum Gasteiger partial charge on any atom is -0.294 e. The average Bonchev–Trinajstić information content (AvgIpc) is 2.73. The highest BCUT2D eigenvalue weighted by molar-refractivity contribution is 8.13. The highest BCUT2D eigenvalue weighted by Gasteiger charge is 2.67. The molecule has 2 bridgehead atoms. The number of allylic oxidation sites excluding steroid dienone is 1. The van der Waals surface area contributed by atoms with E-state index in [1.807, 2.05) is 50.3 Å². The zero-order valence-electron chi connectivity index (χ0n) is 12.7. The first-order chi connectivity index (χ1) is 10.2. The van der Waals surface area contributed by atoms with E-state index in [1.54, 1.807) is 0 Å². The predicted octanol–water partition coefficient (Wildman–Crippen LogP) is 3.64. The highest BCUT2D eigenvalue weighted by Crippen LogP contribution is 2.66. The zero-order chi connectivity index (χ0) is 16.2. The maximum atomic E-state index is 13.0. The van der Waals surface area contributed by atoms with Gasteiger partial charge < -0.3 is 0 Å². The van der Waals surface area contributed by atoms with Crippen LogP contribution in [-0.2, 0) is 13.8 Å². The normalized spacial score (nSPS) is 31.9. The lowest BCUT2D eigenvalue weighted by molar-refractivity contribution is -0.125. The van der Waals surface area contributed by atoms with E-state index in [4.69, 9.17) is 10.7 Å². The summed E-state index contributed by atoms with van der Waals surface area (Å²) in [5.74, 6) is -0.212. The van der Waals surface area contributed by atoms with E-state index in [0.29, 0.717) is 6.42 Å². The second-order valence-corrected chi connectivity index (χ2v) is 9.69.